The fraction of sp³-hybridized carbons (Fsp3) is 0.208. The predicted octanol–water partition coefficient (Wildman–Crippen LogP) is 6.55. The summed E-state index contributed by atoms with van der Waals surface area (Å²) in [7, 11) is 0. The fourth-order valence-corrected chi connectivity index (χ4v) is 5.32. The summed E-state index contributed by atoms with van der Waals surface area (Å²) in [5.41, 5.74) is 3.29. The van der Waals surface area contributed by atoms with Gasteiger partial charge in [-0.15, -0.1) is 11.3 Å². The largest absolute Gasteiger partial charge is 0.486 e. The number of rotatable bonds is 5. The van der Waals surface area contributed by atoms with Crippen LogP contribution in [0.4, 0.5) is 5.69 Å². The Balaban J connectivity index is 1.28. The molecule has 5 rings (SSSR count). The van der Waals surface area contributed by atoms with E-state index in [2.05, 4.69) is 9.98 Å². The fourth-order valence-electron chi connectivity index (χ4n) is 3.68. The monoisotopic (exact) mass is 433 g/mol. The Labute approximate surface area is 184 Å². The molecule has 0 fully saturated rings. The van der Waals surface area contributed by atoms with Gasteiger partial charge >= 0.3 is 0 Å². The van der Waals surface area contributed by atoms with E-state index in [0.717, 1.165) is 40.1 Å². The van der Waals surface area contributed by atoms with E-state index >= 15 is 0 Å². The first-order valence-corrected chi connectivity index (χ1v) is 11.2. The predicted molar refractivity (Wildman–Crippen MR) is 124 cm³/mol. The van der Waals surface area contributed by atoms with Crippen LogP contribution in [0.3, 0.4) is 0 Å². The van der Waals surface area contributed by atoms with Gasteiger partial charge in [-0.05, 0) is 73.2 Å². The lowest BCUT2D eigenvalue weighted by molar-refractivity contribution is 0.296. The first-order valence-electron chi connectivity index (χ1n) is 10.0. The second-order valence-corrected chi connectivity index (χ2v) is 8.71. The second kappa shape index (κ2) is 8.54. The van der Waals surface area contributed by atoms with Gasteiger partial charge in [-0.25, -0.2) is 9.97 Å². The van der Waals surface area contributed by atoms with Crippen molar-refractivity contribution in [2.24, 2.45) is 4.99 Å². The molecule has 4 aromatic rings. The molecule has 2 aromatic carbocycles. The van der Waals surface area contributed by atoms with Crippen LogP contribution in [-0.4, -0.2) is 16.2 Å². The third-order valence-corrected chi connectivity index (χ3v) is 6.64. The van der Waals surface area contributed by atoms with Gasteiger partial charge in [0.1, 0.15) is 22.3 Å². The molecule has 150 valence electrons. The van der Waals surface area contributed by atoms with Gasteiger partial charge in [-0.1, -0.05) is 29.8 Å². The highest BCUT2D eigenvalue weighted by atomic mass is 35.5. The number of hydrogen-bond acceptors (Lipinski definition) is 5. The lowest BCUT2D eigenvalue weighted by Gasteiger charge is -2.10. The molecule has 0 bridgehead atoms. The minimum absolute atomic E-state index is 0.287. The van der Waals surface area contributed by atoms with Gasteiger partial charge in [-0.3, -0.25) is 4.99 Å². The number of benzene rings is 2. The first-order chi connectivity index (χ1) is 14.8. The molecule has 1 aliphatic rings. The van der Waals surface area contributed by atoms with Gasteiger partial charge in [0.25, 0.3) is 0 Å². The molecule has 0 saturated carbocycles. The molecule has 0 atom stereocenters. The van der Waals surface area contributed by atoms with Crippen molar-refractivity contribution in [3.8, 4) is 5.75 Å². The van der Waals surface area contributed by atoms with Gasteiger partial charge in [0.05, 0.1) is 11.1 Å². The van der Waals surface area contributed by atoms with Crippen LogP contribution in [-0.2, 0) is 19.4 Å². The molecule has 2 aromatic heterocycles. The molecule has 6 heteroatoms. The molecular weight excluding hydrogens is 414 g/mol. The number of aliphatic imine (C=N–C) groups is 1. The van der Waals surface area contributed by atoms with E-state index in [1.54, 1.807) is 11.3 Å². The molecule has 0 saturated heterocycles. The van der Waals surface area contributed by atoms with Crippen LogP contribution in [0.25, 0.3) is 10.2 Å². The van der Waals surface area contributed by atoms with Gasteiger partial charge in [0.15, 0.2) is 5.82 Å². The zero-order chi connectivity index (χ0) is 20.3. The van der Waals surface area contributed by atoms with Crippen molar-refractivity contribution in [1.82, 2.24) is 9.97 Å². The Morgan fingerprint density at radius 3 is 2.63 bits per heavy atom. The van der Waals surface area contributed by atoms with Gasteiger partial charge in [0, 0.05) is 11.1 Å². The molecule has 0 N–H and O–H groups in total. The number of fused-ring (bicyclic) bond motifs is 3. The number of halogens is 1. The Morgan fingerprint density at radius 2 is 1.80 bits per heavy atom. The number of ether oxygens (including phenoxy) is 1. The van der Waals surface area contributed by atoms with E-state index in [1.165, 1.54) is 23.3 Å². The number of aryl methyl sites for hydroxylation is 2. The van der Waals surface area contributed by atoms with Crippen molar-refractivity contribution < 1.29 is 4.74 Å². The third kappa shape index (κ3) is 4.09. The summed E-state index contributed by atoms with van der Waals surface area (Å²) < 4.78 is 5.89. The maximum atomic E-state index is 6.51. The highest BCUT2D eigenvalue weighted by Gasteiger charge is 2.20. The van der Waals surface area contributed by atoms with E-state index in [0.29, 0.717) is 11.0 Å². The van der Waals surface area contributed by atoms with Crippen LogP contribution in [0.5, 0.6) is 5.75 Å². The maximum Gasteiger partial charge on any atom is 0.169 e. The standard InChI is InChI=1S/C24H20ClN3OS/c25-23-22-19-8-4-5-9-20(19)30-24(22)28-21(27-23)15-29-18-12-10-16(11-13-18)14-26-17-6-2-1-3-7-17/h1-3,6-7,10-14H,4-5,8-9,15H2. The van der Waals surface area contributed by atoms with Crippen molar-refractivity contribution in [1.29, 1.82) is 0 Å². The third-order valence-electron chi connectivity index (χ3n) is 5.18. The van der Waals surface area contributed by atoms with E-state index < -0.39 is 0 Å². The summed E-state index contributed by atoms with van der Waals surface area (Å²) in [4.78, 5) is 16.1. The molecule has 0 spiro atoms. The summed E-state index contributed by atoms with van der Waals surface area (Å²) in [6.07, 6.45) is 6.50. The lowest BCUT2D eigenvalue weighted by atomic mass is 9.97. The van der Waals surface area contributed by atoms with E-state index in [1.807, 2.05) is 60.8 Å². The summed E-state index contributed by atoms with van der Waals surface area (Å²) in [6, 6.07) is 17.7. The molecule has 2 heterocycles. The van der Waals surface area contributed by atoms with Crippen molar-refractivity contribution in [3.63, 3.8) is 0 Å². The minimum Gasteiger partial charge on any atom is -0.486 e. The zero-order valence-corrected chi connectivity index (χ0v) is 17.9. The van der Waals surface area contributed by atoms with Crippen LogP contribution in [0.2, 0.25) is 5.15 Å². The van der Waals surface area contributed by atoms with Crippen LogP contribution >= 0.6 is 22.9 Å². The topological polar surface area (TPSA) is 47.4 Å². The number of para-hydroxylation sites is 1. The number of aromatic nitrogens is 2. The highest BCUT2D eigenvalue weighted by molar-refractivity contribution is 7.19. The lowest BCUT2D eigenvalue weighted by Crippen LogP contribution is -2.03. The molecule has 0 radical (unpaired) electrons. The van der Waals surface area contributed by atoms with Crippen LogP contribution in [0.1, 0.15) is 34.7 Å². The summed E-state index contributed by atoms with van der Waals surface area (Å²) in [5, 5.41) is 1.59. The Morgan fingerprint density at radius 1 is 1.00 bits per heavy atom. The number of hydrogen-bond donors (Lipinski definition) is 0. The minimum atomic E-state index is 0.287. The molecule has 0 amide bonds. The number of nitrogens with zero attached hydrogens (tertiary/aromatic N) is 3. The van der Waals surface area contributed by atoms with E-state index in [9.17, 15) is 0 Å². The normalized spacial score (nSPS) is 13.6. The van der Waals surface area contributed by atoms with Crippen LogP contribution in [0, 0.1) is 0 Å². The van der Waals surface area contributed by atoms with E-state index in [4.69, 9.17) is 21.3 Å². The van der Waals surface area contributed by atoms with Crippen molar-refractivity contribution in [3.05, 3.63) is 81.6 Å². The highest BCUT2D eigenvalue weighted by Crippen LogP contribution is 2.38. The van der Waals surface area contributed by atoms with Gasteiger partial charge < -0.3 is 4.74 Å². The molecular formula is C24H20ClN3OS. The first kappa shape index (κ1) is 19.2. The molecule has 0 unspecified atom stereocenters. The van der Waals surface area contributed by atoms with Crippen molar-refractivity contribution in [2.45, 2.75) is 32.3 Å². The average molecular weight is 434 g/mol. The van der Waals surface area contributed by atoms with Gasteiger partial charge in [0.2, 0.25) is 0 Å². The SMILES string of the molecule is Clc1nc(COc2ccc(C=Nc3ccccc3)cc2)nc2sc3c(c12)CCCC3. The Hall–Kier alpha value is -2.76. The molecule has 0 aliphatic heterocycles. The molecule has 4 nitrogen and oxygen atoms in total. The van der Waals surface area contributed by atoms with Crippen LogP contribution < -0.4 is 4.74 Å². The Kier molecular flexibility index (Phi) is 5.47. The second-order valence-electron chi connectivity index (χ2n) is 7.27. The maximum absolute atomic E-state index is 6.51. The molecule has 30 heavy (non-hydrogen) atoms. The average Bonchev–Trinajstić information content (AvgIpc) is 3.16. The van der Waals surface area contributed by atoms with Crippen molar-refractivity contribution >= 4 is 45.1 Å². The molecule has 1 aliphatic carbocycles. The quantitative estimate of drug-likeness (QED) is 0.264. The summed E-state index contributed by atoms with van der Waals surface area (Å²) in [5.74, 6) is 1.37. The Bertz CT molecular complexity index is 1200. The van der Waals surface area contributed by atoms with Crippen molar-refractivity contribution in [2.75, 3.05) is 0 Å². The summed E-state index contributed by atoms with van der Waals surface area (Å²) >= 11 is 8.26. The smallest absolute Gasteiger partial charge is 0.169 e. The summed E-state index contributed by atoms with van der Waals surface area (Å²) in [6.45, 7) is 0.287. The van der Waals surface area contributed by atoms with Crippen LogP contribution in [0.15, 0.2) is 59.6 Å². The van der Waals surface area contributed by atoms with E-state index in [-0.39, 0.29) is 6.61 Å². The van der Waals surface area contributed by atoms with Gasteiger partial charge in [-0.2, -0.15) is 0 Å². The zero-order valence-electron chi connectivity index (χ0n) is 16.3. The number of thiophene rings is 1.